The van der Waals surface area contributed by atoms with Gasteiger partial charge in [-0.3, -0.25) is 25.2 Å². The first-order valence-electron chi connectivity index (χ1n) is 8.98. The number of hydrogen-bond acceptors (Lipinski definition) is 8. The molecule has 0 aliphatic rings. The molecule has 0 aliphatic carbocycles. The molecule has 3 aromatic rings. The normalized spacial score (nSPS) is 11.4. The van der Waals surface area contributed by atoms with Crippen LogP contribution in [0.1, 0.15) is 16.8 Å². The topological polar surface area (TPSA) is 146 Å². The minimum atomic E-state index is -0.967. The molecule has 0 saturated heterocycles. The van der Waals surface area contributed by atoms with Gasteiger partial charge in [0.2, 0.25) is 0 Å². The molecule has 3 rings (SSSR count). The highest BCUT2D eigenvalue weighted by molar-refractivity contribution is 9.10. The number of carbonyl (C=O) groups excluding carboxylic acids is 1. The lowest BCUT2D eigenvalue weighted by Gasteiger charge is -2.12. The number of esters is 1. The Bertz CT molecular complexity index is 1210. The van der Waals surface area contributed by atoms with Gasteiger partial charge in [0.05, 0.1) is 21.6 Å². The molecule has 162 valence electrons. The van der Waals surface area contributed by atoms with Gasteiger partial charge in [-0.15, -0.1) is 0 Å². The molecule has 1 N–H and O–H groups in total. The number of hydrogen-bond donors (Lipinski definition) is 1. The van der Waals surface area contributed by atoms with Crippen molar-refractivity contribution >= 4 is 44.6 Å². The molecule has 0 radical (unpaired) electrons. The van der Waals surface area contributed by atoms with Crippen LogP contribution in [0.3, 0.4) is 0 Å². The Morgan fingerprint density at radius 3 is 2.31 bits per heavy atom. The molecule has 1 aromatic heterocycles. The second kappa shape index (κ2) is 9.79. The lowest BCUT2D eigenvalue weighted by molar-refractivity contribution is -0.394. The van der Waals surface area contributed by atoms with E-state index in [9.17, 15) is 30.1 Å². The van der Waals surface area contributed by atoms with E-state index in [1.807, 2.05) is 0 Å². The summed E-state index contributed by atoms with van der Waals surface area (Å²) in [5.41, 5.74) is -1.32. The van der Waals surface area contributed by atoms with Crippen LogP contribution in [-0.4, -0.2) is 25.9 Å². The van der Waals surface area contributed by atoms with Crippen molar-refractivity contribution in [1.82, 2.24) is 4.98 Å². The number of nitro groups is 2. The maximum atomic E-state index is 12.9. The van der Waals surface area contributed by atoms with Crippen molar-refractivity contribution < 1.29 is 24.5 Å². The van der Waals surface area contributed by atoms with Gasteiger partial charge < -0.3 is 9.84 Å². The number of aromatic nitrogens is 1. The Morgan fingerprint density at radius 2 is 1.72 bits per heavy atom. The summed E-state index contributed by atoms with van der Waals surface area (Å²) in [5.74, 6) is -1.73. The smallest absolute Gasteiger partial charge is 0.344 e. The van der Waals surface area contributed by atoms with E-state index in [2.05, 4.69) is 20.9 Å². The predicted octanol–water partition coefficient (Wildman–Crippen LogP) is 4.83. The Balaban J connectivity index is 2.15. The van der Waals surface area contributed by atoms with E-state index in [4.69, 9.17) is 4.74 Å². The fourth-order valence-electron chi connectivity index (χ4n) is 2.77. The number of rotatable bonds is 7. The van der Waals surface area contributed by atoms with E-state index >= 15 is 0 Å². The average molecular weight is 500 g/mol. The maximum absolute atomic E-state index is 12.9. The van der Waals surface area contributed by atoms with Crippen molar-refractivity contribution in [2.24, 2.45) is 0 Å². The molecule has 0 amide bonds. The van der Waals surface area contributed by atoms with Crippen molar-refractivity contribution in [3.8, 4) is 0 Å². The molecule has 0 aliphatic heterocycles. The highest BCUT2D eigenvalue weighted by Gasteiger charge is 2.29. The van der Waals surface area contributed by atoms with Gasteiger partial charge in [0.25, 0.3) is 11.4 Å². The Kier molecular flexibility index (Phi) is 6.90. The van der Waals surface area contributed by atoms with E-state index < -0.39 is 38.5 Å². The molecule has 0 fully saturated rings. The summed E-state index contributed by atoms with van der Waals surface area (Å²) in [6, 6.07) is 15.0. The Morgan fingerprint density at radius 1 is 1.03 bits per heavy atom. The van der Waals surface area contributed by atoms with E-state index in [0.717, 1.165) is 12.1 Å². The van der Waals surface area contributed by atoms with Crippen molar-refractivity contribution in [3.05, 3.63) is 108 Å². The molecular weight excluding hydrogens is 486 g/mol. The first-order chi connectivity index (χ1) is 15.3. The minimum absolute atomic E-state index is 0.0177. The number of nitrogens with zero attached hydrogens (tertiary/aromatic N) is 3. The monoisotopic (exact) mass is 499 g/mol. The van der Waals surface area contributed by atoms with Gasteiger partial charge in [0, 0.05) is 17.8 Å². The van der Waals surface area contributed by atoms with Crippen molar-refractivity contribution in [2.45, 2.75) is 6.61 Å². The summed E-state index contributed by atoms with van der Waals surface area (Å²) in [6.07, 6.45) is 1.37. The van der Waals surface area contributed by atoms with Gasteiger partial charge in [-0.05, 0) is 33.6 Å². The third kappa shape index (κ3) is 4.95. The summed E-state index contributed by atoms with van der Waals surface area (Å²) >= 11 is 3.00. The average Bonchev–Trinajstić information content (AvgIpc) is 2.79. The zero-order valence-corrected chi connectivity index (χ0v) is 17.8. The first kappa shape index (κ1) is 22.6. The standard InChI is InChI=1S/C21H14BrN3O7/c22-19-15(10-14(24(28)29)11-17(19)25(30)31)20(26)18(16-8-4-5-9-23-16)21(27)32-12-13-6-2-1-3-7-13/h1-11,26H,12H2/b20-18+. The number of pyridine rings is 1. The number of nitro benzene ring substituents is 2. The number of carbonyl (C=O) groups is 1. The Hall–Kier alpha value is -4.12. The van der Waals surface area contributed by atoms with Crippen LogP contribution in [0.4, 0.5) is 11.4 Å². The fraction of sp³-hybridized carbons (Fsp3) is 0.0476. The van der Waals surface area contributed by atoms with Crippen LogP contribution in [0.5, 0.6) is 0 Å². The molecule has 0 unspecified atom stereocenters. The largest absolute Gasteiger partial charge is 0.506 e. The summed E-state index contributed by atoms with van der Waals surface area (Å²) in [7, 11) is 0. The van der Waals surface area contributed by atoms with Gasteiger partial charge in [-0.2, -0.15) is 0 Å². The van der Waals surface area contributed by atoms with Gasteiger partial charge in [-0.1, -0.05) is 36.4 Å². The van der Waals surface area contributed by atoms with E-state index in [1.165, 1.54) is 12.3 Å². The number of halogens is 1. The van der Waals surface area contributed by atoms with Crippen LogP contribution in [0.2, 0.25) is 0 Å². The second-order valence-electron chi connectivity index (χ2n) is 6.34. The van der Waals surface area contributed by atoms with Gasteiger partial charge in [0.15, 0.2) is 0 Å². The lowest BCUT2D eigenvalue weighted by Crippen LogP contribution is -2.11. The van der Waals surface area contributed by atoms with Crippen LogP contribution >= 0.6 is 15.9 Å². The first-order valence-corrected chi connectivity index (χ1v) is 9.77. The lowest BCUT2D eigenvalue weighted by atomic mass is 10.0. The summed E-state index contributed by atoms with van der Waals surface area (Å²) in [5, 5.41) is 33.6. The SMILES string of the molecule is O=C(OCc1ccccc1)/C(=C(/O)c1cc([N+](=O)[O-])cc([N+](=O)[O-])c1Br)c1ccccn1. The van der Waals surface area contributed by atoms with Crippen molar-refractivity contribution in [2.75, 3.05) is 0 Å². The molecule has 0 spiro atoms. The van der Waals surface area contributed by atoms with Crippen molar-refractivity contribution in [3.63, 3.8) is 0 Å². The van der Waals surface area contributed by atoms with Crippen LogP contribution < -0.4 is 0 Å². The number of aliphatic hydroxyl groups excluding tert-OH is 1. The Labute approximate surface area is 189 Å². The minimum Gasteiger partial charge on any atom is -0.506 e. The van der Waals surface area contributed by atoms with Crippen molar-refractivity contribution in [1.29, 1.82) is 0 Å². The molecule has 10 nitrogen and oxygen atoms in total. The molecule has 32 heavy (non-hydrogen) atoms. The number of ether oxygens (including phenoxy) is 1. The third-order valence-electron chi connectivity index (χ3n) is 4.28. The van der Waals surface area contributed by atoms with Crippen LogP contribution in [0.15, 0.2) is 71.3 Å². The molecule has 0 bridgehead atoms. The highest BCUT2D eigenvalue weighted by atomic mass is 79.9. The quantitative estimate of drug-likeness (QED) is 0.160. The molecule has 2 aromatic carbocycles. The van der Waals surface area contributed by atoms with Gasteiger partial charge in [0.1, 0.15) is 22.4 Å². The molecule has 11 heteroatoms. The zero-order valence-electron chi connectivity index (χ0n) is 16.2. The third-order valence-corrected chi connectivity index (χ3v) is 5.11. The predicted molar refractivity (Wildman–Crippen MR) is 117 cm³/mol. The van der Waals surface area contributed by atoms with Crippen LogP contribution in [-0.2, 0) is 16.1 Å². The summed E-state index contributed by atoms with van der Waals surface area (Å²) in [6.45, 7) is -0.112. The second-order valence-corrected chi connectivity index (χ2v) is 7.13. The van der Waals surface area contributed by atoms with Crippen LogP contribution in [0.25, 0.3) is 11.3 Å². The summed E-state index contributed by atoms with van der Waals surface area (Å²) < 4.78 is 5.06. The van der Waals surface area contributed by atoms with Gasteiger partial charge in [-0.25, -0.2) is 4.79 Å². The van der Waals surface area contributed by atoms with Crippen LogP contribution in [0, 0.1) is 20.2 Å². The van der Waals surface area contributed by atoms with Gasteiger partial charge >= 0.3 is 5.97 Å². The maximum Gasteiger partial charge on any atom is 0.344 e. The number of aliphatic hydroxyl groups is 1. The zero-order chi connectivity index (χ0) is 23.3. The van der Waals surface area contributed by atoms with E-state index in [0.29, 0.717) is 5.56 Å². The fourth-order valence-corrected chi connectivity index (χ4v) is 3.33. The highest BCUT2D eigenvalue weighted by Crippen LogP contribution is 2.38. The summed E-state index contributed by atoms with van der Waals surface area (Å²) in [4.78, 5) is 37.9. The molecule has 0 saturated carbocycles. The molecular formula is C21H14BrN3O7. The molecule has 0 atom stereocenters. The number of benzene rings is 2. The molecule has 1 heterocycles. The van der Waals surface area contributed by atoms with E-state index in [-0.39, 0.29) is 22.3 Å². The van der Waals surface area contributed by atoms with E-state index in [1.54, 1.807) is 42.5 Å². The number of non-ortho nitro benzene ring substituents is 1.